The summed E-state index contributed by atoms with van der Waals surface area (Å²) in [5, 5.41) is 5.98. The van der Waals surface area contributed by atoms with E-state index in [1.165, 1.54) is 6.33 Å². The molecule has 0 fully saturated rings. The van der Waals surface area contributed by atoms with Crippen LogP contribution >= 0.6 is 11.6 Å². The third-order valence-electron chi connectivity index (χ3n) is 4.55. The van der Waals surface area contributed by atoms with Crippen LogP contribution in [0.5, 0.6) is 0 Å². The zero-order chi connectivity index (χ0) is 20.5. The number of amides is 2. The number of nitrogens with zero attached hydrogens (tertiary/aromatic N) is 2. The summed E-state index contributed by atoms with van der Waals surface area (Å²) in [7, 11) is 0. The molecule has 2 aromatic carbocycles. The average molecular weight is 409 g/mol. The number of H-pyrrole nitrogens is 2. The van der Waals surface area contributed by atoms with Crippen molar-refractivity contribution < 1.29 is 9.59 Å². The number of halogens is 1. The molecule has 4 rings (SSSR count). The van der Waals surface area contributed by atoms with E-state index >= 15 is 0 Å². The van der Waals surface area contributed by atoms with Gasteiger partial charge in [0.1, 0.15) is 5.69 Å². The van der Waals surface area contributed by atoms with E-state index in [9.17, 15) is 9.59 Å². The quantitative estimate of drug-likeness (QED) is 0.407. The minimum Gasteiger partial charge on any atom is -0.340 e. The van der Waals surface area contributed by atoms with Crippen LogP contribution < -0.4 is 10.6 Å². The van der Waals surface area contributed by atoms with Crippen LogP contribution in [0.25, 0.3) is 11.0 Å². The Balaban J connectivity index is 1.57. The minimum atomic E-state index is -0.536. The first-order chi connectivity index (χ1) is 13.9. The van der Waals surface area contributed by atoms with E-state index in [0.29, 0.717) is 10.7 Å². The zero-order valence-corrected chi connectivity index (χ0v) is 16.4. The molecule has 0 saturated heterocycles. The number of rotatable bonds is 4. The molecule has 0 saturated carbocycles. The maximum absolute atomic E-state index is 12.8. The molecule has 2 aromatic heterocycles. The third kappa shape index (κ3) is 3.57. The van der Waals surface area contributed by atoms with Gasteiger partial charge in [-0.15, -0.1) is 0 Å². The second-order valence-corrected chi connectivity index (χ2v) is 6.91. The first-order valence-corrected chi connectivity index (χ1v) is 9.18. The Morgan fingerprint density at radius 1 is 1.03 bits per heavy atom. The van der Waals surface area contributed by atoms with Gasteiger partial charge in [-0.25, -0.2) is 9.97 Å². The molecular formula is C20H17ClN6O2. The number of aromatic nitrogens is 4. The van der Waals surface area contributed by atoms with Crippen molar-refractivity contribution in [2.45, 2.75) is 13.8 Å². The van der Waals surface area contributed by atoms with Gasteiger partial charge in [-0.2, -0.15) is 0 Å². The van der Waals surface area contributed by atoms with Crippen LogP contribution in [0, 0.1) is 13.8 Å². The highest BCUT2D eigenvalue weighted by atomic mass is 35.5. The van der Waals surface area contributed by atoms with E-state index in [4.69, 9.17) is 11.6 Å². The van der Waals surface area contributed by atoms with Crippen LogP contribution in [0.3, 0.4) is 0 Å². The highest BCUT2D eigenvalue weighted by Crippen LogP contribution is 2.27. The van der Waals surface area contributed by atoms with Crippen LogP contribution in [0.1, 0.15) is 32.1 Å². The first kappa shape index (κ1) is 18.7. The fourth-order valence-electron chi connectivity index (χ4n) is 3.01. The number of benzene rings is 2. The molecule has 0 bridgehead atoms. The average Bonchev–Trinajstić information content (AvgIpc) is 3.34. The van der Waals surface area contributed by atoms with Crippen LogP contribution in [0.4, 0.5) is 11.6 Å². The van der Waals surface area contributed by atoms with Crippen LogP contribution in [0.2, 0.25) is 5.02 Å². The number of aryl methyl sites for hydroxylation is 1. The van der Waals surface area contributed by atoms with Gasteiger partial charge in [0.2, 0.25) is 5.95 Å². The lowest BCUT2D eigenvalue weighted by Gasteiger charge is -2.12. The SMILES string of the molecule is Cc1ccc(Cl)c(C)c1NC(=O)c1nc[nH]c1C(=O)Nc1nc2ccccc2[nH]1. The van der Waals surface area contributed by atoms with Gasteiger partial charge in [0.15, 0.2) is 5.69 Å². The molecule has 8 nitrogen and oxygen atoms in total. The van der Waals surface area contributed by atoms with E-state index in [0.717, 1.165) is 22.2 Å². The number of anilines is 2. The van der Waals surface area contributed by atoms with Gasteiger partial charge in [0, 0.05) is 10.7 Å². The van der Waals surface area contributed by atoms with Crippen LogP contribution in [0.15, 0.2) is 42.7 Å². The smallest absolute Gasteiger partial charge is 0.276 e. The predicted octanol–water partition coefficient (Wildman–Crippen LogP) is 4.06. The van der Waals surface area contributed by atoms with Crippen molar-refractivity contribution in [1.29, 1.82) is 0 Å². The molecule has 0 radical (unpaired) electrons. The molecular weight excluding hydrogens is 392 g/mol. The number of carbonyl (C=O) groups excluding carboxylic acids is 2. The van der Waals surface area contributed by atoms with Gasteiger partial charge in [0.25, 0.3) is 11.8 Å². The number of hydrogen-bond donors (Lipinski definition) is 4. The number of para-hydroxylation sites is 2. The van der Waals surface area contributed by atoms with Crippen molar-refractivity contribution in [3.05, 3.63) is 70.3 Å². The molecule has 9 heteroatoms. The lowest BCUT2D eigenvalue weighted by Crippen LogP contribution is -2.21. The van der Waals surface area contributed by atoms with Crippen molar-refractivity contribution in [3.8, 4) is 0 Å². The standard InChI is InChI=1S/C20H17ClN6O2/c1-10-7-8-12(21)11(2)15(10)26-18(28)16-17(23-9-22-16)19(29)27-20-24-13-5-3-4-6-14(13)25-20/h3-9H,1-2H3,(H,22,23)(H,26,28)(H2,24,25,27,29). The van der Waals surface area contributed by atoms with Gasteiger partial charge in [0.05, 0.1) is 17.4 Å². The Bertz CT molecular complexity index is 1210. The van der Waals surface area contributed by atoms with E-state index in [1.54, 1.807) is 6.07 Å². The zero-order valence-electron chi connectivity index (χ0n) is 15.6. The minimum absolute atomic E-state index is 0.0280. The van der Waals surface area contributed by atoms with Gasteiger partial charge in [-0.05, 0) is 43.2 Å². The molecule has 0 unspecified atom stereocenters. The molecule has 2 heterocycles. The molecule has 0 spiro atoms. The summed E-state index contributed by atoms with van der Waals surface area (Å²) >= 11 is 6.15. The topological polar surface area (TPSA) is 116 Å². The van der Waals surface area contributed by atoms with E-state index in [1.807, 2.05) is 44.2 Å². The second kappa shape index (κ2) is 7.40. The van der Waals surface area contributed by atoms with Crippen molar-refractivity contribution >= 4 is 46.1 Å². The Labute approximate surface area is 170 Å². The molecule has 2 amide bonds. The maximum Gasteiger partial charge on any atom is 0.276 e. The summed E-state index contributed by atoms with van der Waals surface area (Å²) in [4.78, 5) is 39.5. The van der Waals surface area contributed by atoms with E-state index in [2.05, 4.69) is 30.6 Å². The molecule has 4 N–H and O–H groups in total. The highest BCUT2D eigenvalue weighted by Gasteiger charge is 2.22. The molecule has 0 aliphatic rings. The number of aromatic amines is 2. The van der Waals surface area contributed by atoms with Crippen LogP contribution in [-0.2, 0) is 0 Å². The van der Waals surface area contributed by atoms with Crippen LogP contribution in [-0.4, -0.2) is 31.8 Å². The third-order valence-corrected chi connectivity index (χ3v) is 4.96. The summed E-state index contributed by atoms with van der Waals surface area (Å²) in [5.74, 6) is -0.778. The number of fused-ring (bicyclic) bond motifs is 1. The van der Waals surface area contributed by atoms with Crippen molar-refractivity contribution in [1.82, 2.24) is 19.9 Å². The molecule has 0 aliphatic heterocycles. The number of imidazole rings is 2. The number of carbonyl (C=O) groups is 2. The Kier molecular flexibility index (Phi) is 4.77. The van der Waals surface area contributed by atoms with Crippen molar-refractivity contribution in [2.75, 3.05) is 10.6 Å². The lowest BCUT2D eigenvalue weighted by atomic mass is 10.1. The lowest BCUT2D eigenvalue weighted by molar-refractivity contribution is 0.0985. The van der Waals surface area contributed by atoms with E-state index in [-0.39, 0.29) is 17.3 Å². The molecule has 4 aromatic rings. The van der Waals surface area contributed by atoms with Crippen molar-refractivity contribution in [3.63, 3.8) is 0 Å². The number of hydrogen-bond acceptors (Lipinski definition) is 4. The first-order valence-electron chi connectivity index (χ1n) is 8.80. The Hall–Kier alpha value is -3.65. The molecule has 146 valence electrons. The monoisotopic (exact) mass is 408 g/mol. The second-order valence-electron chi connectivity index (χ2n) is 6.50. The largest absolute Gasteiger partial charge is 0.340 e. The summed E-state index contributed by atoms with van der Waals surface area (Å²) in [6, 6.07) is 11.0. The Morgan fingerprint density at radius 3 is 2.62 bits per heavy atom. The highest BCUT2D eigenvalue weighted by molar-refractivity contribution is 6.32. The molecule has 0 aliphatic carbocycles. The van der Waals surface area contributed by atoms with E-state index < -0.39 is 11.8 Å². The predicted molar refractivity (Wildman–Crippen MR) is 112 cm³/mol. The van der Waals surface area contributed by atoms with Gasteiger partial charge in [-0.3, -0.25) is 14.9 Å². The van der Waals surface area contributed by atoms with Gasteiger partial charge in [-0.1, -0.05) is 29.8 Å². The normalized spacial score (nSPS) is 10.9. The summed E-state index contributed by atoms with van der Waals surface area (Å²) in [6.07, 6.45) is 1.29. The number of nitrogens with one attached hydrogen (secondary N) is 4. The Morgan fingerprint density at radius 2 is 1.83 bits per heavy atom. The molecule has 0 atom stereocenters. The molecule has 29 heavy (non-hydrogen) atoms. The summed E-state index contributed by atoms with van der Waals surface area (Å²) < 4.78 is 0. The summed E-state index contributed by atoms with van der Waals surface area (Å²) in [6.45, 7) is 3.67. The van der Waals surface area contributed by atoms with Crippen molar-refractivity contribution in [2.24, 2.45) is 0 Å². The fourth-order valence-corrected chi connectivity index (χ4v) is 3.17. The summed E-state index contributed by atoms with van der Waals surface area (Å²) in [5.41, 5.74) is 3.69. The fraction of sp³-hybridized carbons (Fsp3) is 0.100. The van der Waals surface area contributed by atoms with Gasteiger partial charge < -0.3 is 15.3 Å². The van der Waals surface area contributed by atoms with Gasteiger partial charge >= 0.3 is 0 Å². The maximum atomic E-state index is 12.8.